The first-order chi connectivity index (χ1) is 8.30. The van der Waals surface area contributed by atoms with Gasteiger partial charge in [-0.1, -0.05) is 13.8 Å². The van der Waals surface area contributed by atoms with Crippen molar-refractivity contribution in [2.24, 2.45) is 0 Å². The van der Waals surface area contributed by atoms with E-state index in [9.17, 15) is 0 Å². The van der Waals surface area contributed by atoms with Gasteiger partial charge in [0, 0.05) is 27.0 Å². The van der Waals surface area contributed by atoms with E-state index in [4.69, 9.17) is 14.2 Å². The van der Waals surface area contributed by atoms with E-state index in [1.54, 1.807) is 14.2 Å². The zero-order valence-electron chi connectivity index (χ0n) is 11.3. The van der Waals surface area contributed by atoms with E-state index < -0.39 is 0 Å². The largest absolute Gasteiger partial charge is 0.488 e. The fourth-order valence-corrected chi connectivity index (χ4v) is 1.11. The van der Waals surface area contributed by atoms with Crippen molar-refractivity contribution in [3.63, 3.8) is 0 Å². The second kappa shape index (κ2) is 9.93. The number of anilines is 1. The maximum Gasteiger partial charge on any atom is 0.191 e. The predicted octanol–water partition coefficient (Wildman–Crippen LogP) is 2.75. The van der Waals surface area contributed by atoms with Crippen LogP contribution < -0.4 is 10.1 Å². The van der Waals surface area contributed by atoms with Gasteiger partial charge < -0.3 is 19.5 Å². The first-order valence-corrected chi connectivity index (χ1v) is 5.76. The van der Waals surface area contributed by atoms with Crippen LogP contribution in [0.25, 0.3) is 0 Å². The number of hydrogen-bond acceptors (Lipinski definition) is 4. The van der Waals surface area contributed by atoms with E-state index in [0.717, 1.165) is 11.4 Å². The summed E-state index contributed by atoms with van der Waals surface area (Å²) in [6, 6.07) is 7.69. The predicted molar refractivity (Wildman–Crippen MR) is 70.6 cm³/mol. The van der Waals surface area contributed by atoms with Crippen LogP contribution in [0.15, 0.2) is 24.3 Å². The van der Waals surface area contributed by atoms with Crippen molar-refractivity contribution < 1.29 is 14.2 Å². The smallest absolute Gasteiger partial charge is 0.191 e. The molecule has 17 heavy (non-hydrogen) atoms. The third-order valence-electron chi connectivity index (χ3n) is 2.05. The lowest BCUT2D eigenvalue weighted by Gasteiger charge is -2.14. The molecule has 0 atom stereocenters. The summed E-state index contributed by atoms with van der Waals surface area (Å²) in [6.07, 6.45) is -0.325. The van der Waals surface area contributed by atoms with Gasteiger partial charge in [0.2, 0.25) is 0 Å². The molecule has 0 saturated heterocycles. The Labute approximate surface area is 104 Å². The van der Waals surface area contributed by atoms with Gasteiger partial charge in [0.15, 0.2) is 6.29 Å². The molecule has 0 aliphatic rings. The van der Waals surface area contributed by atoms with Crippen LogP contribution in [-0.2, 0) is 9.47 Å². The minimum absolute atomic E-state index is 0.325. The second-order valence-corrected chi connectivity index (χ2v) is 2.99. The number of ether oxygens (including phenoxy) is 3. The van der Waals surface area contributed by atoms with E-state index >= 15 is 0 Å². The molecule has 0 aliphatic heterocycles. The molecule has 0 heterocycles. The van der Waals surface area contributed by atoms with Crippen LogP contribution >= 0.6 is 0 Å². The molecule has 0 spiro atoms. The maximum absolute atomic E-state index is 5.47. The average Bonchev–Trinajstić information content (AvgIpc) is 2.43. The van der Waals surface area contributed by atoms with Crippen LogP contribution in [0.3, 0.4) is 0 Å². The number of nitrogens with one attached hydrogen (secondary N) is 1. The monoisotopic (exact) mass is 241 g/mol. The normalized spacial score (nSPS) is 9.53. The Bertz CT molecular complexity index is 270. The Morgan fingerprint density at radius 2 is 1.59 bits per heavy atom. The zero-order chi connectivity index (χ0) is 13.1. The molecule has 0 aromatic heterocycles. The summed E-state index contributed by atoms with van der Waals surface area (Å²) in [7, 11) is 5.05. The Morgan fingerprint density at radius 3 is 2.00 bits per heavy atom. The summed E-state index contributed by atoms with van der Waals surface area (Å²) in [4.78, 5) is 0. The van der Waals surface area contributed by atoms with Crippen LogP contribution in [0.5, 0.6) is 5.75 Å². The van der Waals surface area contributed by atoms with E-state index in [0.29, 0.717) is 6.61 Å². The van der Waals surface area contributed by atoms with Gasteiger partial charge >= 0.3 is 0 Å². The summed E-state index contributed by atoms with van der Waals surface area (Å²) < 4.78 is 15.5. The van der Waals surface area contributed by atoms with Gasteiger partial charge in [-0.15, -0.1) is 0 Å². The lowest BCUT2D eigenvalue weighted by Crippen LogP contribution is -2.21. The maximum atomic E-state index is 5.47. The molecule has 4 nitrogen and oxygen atoms in total. The molecular weight excluding hydrogens is 218 g/mol. The summed E-state index contributed by atoms with van der Waals surface area (Å²) in [5, 5.41) is 3.04. The van der Waals surface area contributed by atoms with Crippen molar-refractivity contribution in [1.29, 1.82) is 0 Å². The molecule has 0 radical (unpaired) electrons. The molecule has 1 rings (SSSR count). The van der Waals surface area contributed by atoms with Crippen molar-refractivity contribution >= 4 is 5.69 Å². The molecule has 0 saturated carbocycles. The summed E-state index contributed by atoms with van der Waals surface area (Å²) >= 11 is 0. The molecule has 4 heteroatoms. The van der Waals surface area contributed by atoms with Crippen molar-refractivity contribution in [3.8, 4) is 5.75 Å². The third-order valence-corrected chi connectivity index (χ3v) is 2.05. The zero-order valence-corrected chi connectivity index (χ0v) is 11.3. The second-order valence-electron chi connectivity index (χ2n) is 2.99. The Balaban J connectivity index is 0.00000121. The lowest BCUT2D eigenvalue weighted by atomic mass is 10.3. The quantitative estimate of drug-likeness (QED) is 0.777. The molecule has 0 bridgehead atoms. The number of rotatable bonds is 6. The van der Waals surface area contributed by atoms with E-state index in [1.807, 2.05) is 45.2 Å². The minimum Gasteiger partial charge on any atom is -0.488 e. The van der Waals surface area contributed by atoms with Crippen molar-refractivity contribution in [2.45, 2.75) is 20.1 Å². The van der Waals surface area contributed by atoms with Crippen LogP contribution in [-0.4, -0.2) is 34.2 Å². The van der Waals surface area contributed by atoms with Gasteiger partial charge in [0.05, 0.1) is 0 Å². The fourth-order valence-electron chi connectivity index (χ4n) is 1.11. The van der Waals surface area contributed by atoms with Crippen molar-refractivity contribution in [3.05, 3.63) is 24.3 Å². The highest BCUT2D eigenvalue weighted by molar-refractivity contribution is 5.45. The van der Waals surface area contributed by atoms with E-state index in [-0.39, 0.29) is 6.29 Å². The van der Waals surface area contributed by atoms with Crippen LogP contribution in [0.1, 0.15) is 13.8 Å². The molecule has 1 aromatic rings. The Kier molecular flexibility index (Phi) is 9.19. The van der Waals surface area contributed by atoms with E-state index in [1.165, 1.54) is 0 Å². The van der Waals surface area contributed by atoms with E-state index in [2.05, 4.69) is 5.32 Å². The number of hydrogen-bond donors (Lipinski definition) is 1. The molecule has 0 unspecified atom stereocenters. The fraction of sp³-hybridized carbons (Fsp3) is 0.538. The highest BCUT2D eigenvalue weighted by Crippen LogP contribution is 2.15. The van der Waals surface area contributed by atoms with Gasteiger partial charge in [-0.3, -0.25) is 0 Å². The summed E-state index contributed by atoms with van der Waals surface area (Å²) in [5.41, 5.74) is 1.05. The molecule has 1 N–H and O–H groups in total. The summed E-state index contributed by atoms with van der Waals surface area (Å²) in [6.45, 7) is 4.38. The van der Waals surface area contributed by atoms with Gasteiger partial charge in [-0.25, -0.2) is 0 Å². The standard InChI is InChI=1S/C11H17NO3.C2H6/c1-12-9-4-6-10(7-5-9)15-8-11(13-2)14-3;1-2/h4-7,11-12H,8H2,1-3H3;1-2H3. The Hall–Kier alpha value is -1.26. The van der Waals surface area contributed by atoms with Gasteiger partial charge in [-0.2, -0.15) is 0 Å². The lowest BCUT2D eigenvalue weighted by molar-refractivity contribution is -0.121. The average molecular weight is 241 g/mol. The van der Waals surface area contributed by atoms with Gasteiger partial charge in [0.1, 0.15) is 12.4 Å². The van der Waals surface area contributed by atoms with Gasteiger partial charge in [-0.05, 0) is 24.3 Å². The van der Waals surface area contributed by atoms with Crippen LogP contribution in [0.4, 0.5) is 5.69 Å². The molecule has 98 valence electrons. The first kappa shape index (κ1) is 15.7. The highest BCUT2D eigenvalue weighted by atomic mass is 16.7. The highest BCUT2D eigenvalue weighted by Gasteiger charge is 2.05. The molecule has 0 aliphatic carbocycles. The molecule has 1 aromatic carbocycles. The van der Waals surface area contributed by atoms with Crippen molar-refractivity contribution in [1.82, 2.24) is 0 Å². The SMILES string of the molecule is CC.CNc1ccc(OCC(OC)OC)cc1. The Morgan fingerprint density at radius 1 is 1.06 bits per heavy atom. The number of methoxy groups -OCH3 is 2. The topological polar surface area (TPSA) is 39.7 Å². The third kappa shape index (κ3) is 6.14. The molecular formula is C13H23NO3. The minimum atomic E-state index is -0.325. The number of benzene rings is 1. The van der Waals surface area contributed by atoms with Crippen molar-refractivity contribution in [2.75, 3.05) is 33.2 Å². The molecule has 0 amide bonds. The van der Waals surface area contributed by atoms with Crippen LogP contribution in [0, 0.1) is 0 Å². The van der Waals surface area contributed by atoms with Gasteiger partial charge in [0.25, 0.3) is 0 Å². The molecule has 0 fully saturated rings. The first-order valence-electron chi connectivity index (χ1n) is 5.76. The summed E-state index contributed by atoms with van der Waals surface area (Å²) in [5.74, 6) is 0.799. The van der Waals surface area contributed by atoms with Crippen LogP contribution in [0.2, 0.25) is 0 Å².